The van der Waals surface area contributed by atoms with Gasteiger partial charge in [0.2, 0.25) is 17.7 Å². The van der Waals surface area contributed by atoms with Crippen molar-refractivity contribution in [1.82, 2.24) is 4.90 Å². The van der Waals surface area contributed by atoms with Crippen molar-refractivity contribution in [2.45, 2.75) is 62.8 Å². The minimum atomic E-state index is -1.18. The van der Waals surface area contributed by atoms with Crippen LogP contribution in [0.15, 0.2) is 59.1 Å². The maximum Gasteiger partial charge on any atom is 0.238 e. The van der Waals surface area contributed by atoms with Crippen LogP contribution in [-0.4, -0.2) is 57.0 Å². The fourth-order valence-electron chi connectivity index (χ4n) is 5.57. The summed E-state index contributed by atoms with van der Waals surface area (Å²) in [5, 5.41) is 3.53. The van der Waals surface area contributed by atoms with E-state index in [0.29, 0.717) is 22.7 Å². The Morgan fingerprint density at radius 1 is 1.25 bits per heavy atom. The molecule has 216 valence electrons. The van der Waals surface area contributed by atoms with Crippen LogP contribution in [-0.2, 0) is 24.5 Å². The molecule has 2 aromatic carbocycles. The van der Waals surface area contributed by atoms with E-state index in [1.807, 2.05) is 37.3 Å². The van der Waals surface area contributed by atoms with Gasteiger partial charge in [-0.05, 0) is 47.9 Å². The largest absolute Gasteiger partial charge is 0.385 e. The van der Waals surface area contributed by atoms with Gasteiger partial charge in [0.05, 0.1) is 12.6 Å². The summed E-state index contributed by atoms with van der Waals surface area (Å²) in [6.45, 7) is 13.8. The smallest absolute Gasteiger partial charge is 0.238 e. The summed E-state index contributed by atoms with van der Waals surface area (Å²) in [5.41, 5.74) is 7.21. The van der Waals surface area contributed by atoms with Crippen LogP contribution < -0.4 is 11.1 Å². The molecule has 1 fully saturated rings. The number of ether oxygens (including phenoxy) is 1. The van der Waals surface area contributed by atoms with E-state index in [2.05, 4.69) is 47.5 Å². The topological polar surface area (TPSA) is 102 Å². The minimum absolute atomic E-state index is 0.0318. The third-order valence-corrected chi connectivity index (χ3v) is 9.95. The number of hydrogen-bond acceptors (Lipinski definition) is 4. The lowest BCUT2D eigenvalue weighted by molar-refractivity contribution is -0.146. The van der Waals surface area contributed by atoms with Gasteiger partial charge in [0.1, 0.15) is 5.41 Å². The summed E-state index contributed by atoms with van der Waals surface area (Å²) in [5.74, 6) is -1.64. The Kier molecular flexibility index (Phi) is 10.4. The Morgan fingerprint density at radius 3 is 2.50 bits per heavy atom. The molecule has 0 aromatic heterocycles. The number of rotatable bonds is 8. The first-order valence-corrected chi connectivity index (χ1v) is 18.2. The van der Waals surface area contributed by atoms with Crippen molar-refractivity contribution < 1.29 is 19.1 Å². The van der Waals surface area contributed by atoms with E-state index in [1.165, 1.54) is 10.9 Å². The number of methoxy groups -OCH3 is 1. The zero-order valence-corrected chi connectivity index (χ0v) is 27.2. The van der Waals surface area contributed by atoms with Crippen LogP contribution in [0.4, 0.5) is 5.69 Å². The maximum atomic E-state index is 13.9. The molecule has 2 aliphatic heterocycles. The van der Waals surface area contributed by atoms with Gasteiger partial charge in [-0.15, -0.1) is 0 Å². The zero-order valence-electron chi connectivity index (χ0n) is 23.9. The number of carbonyl (C=O) groups is 3. The van der Waals surface area contributed by atoms with Gasteiger partial charge < -0.3 is 20.7 Å². The van der Waals surface area contributed by atoms with Gasteiger partial charge in [0.15, 0.2) is 0 Å². The molecule has 0 aliphatic carbocycles. The Morgan fingerprint density at radius 2 is 1.95 bits per heavy atom. The van der Waals surface area contributed by atoms with Crippen LogP contribution in [0.25, 0.3) is 0 Å². The Balaban J connectivity index is 0.000000482. The predicted octanol–water partition coefficient (Wildman–Crippen LogP) is 6.10. The molecule has 3 atom stereocenters. The third-order valence-electron chi connectivity index (χ3n) is 7.52. The van der Waals surface area contributed by atoms with Crippen LogP contribution in [0.3, 0.4) is 0 Å². The van der Waals surface area contributed by atoms with E-state index < -0.39 is 31.4 Å². The van der Waals surface area contributed by atoms with Gasteiger partial charge in [0, 0.05) is 49.3 Å². The average molecular weight is 649 g/mol. The Bertz CT molecular complexity index is 1300. The van der Waals surface area contributed by atoms with Gasteiger partial charge in [-0.1, -0.05) is 84.4 Å². The molecule has 4 rings (SSSR count). The van der Waals surface area contributed by atoms with Crippen LogP contribution >= 0.6 is 27.5 Å². The molecule has 3 amide bonds. The molecule has 7 nitrogen and oxygen atoms in total. The minimum Gasteiger partial charge on any atom is -0.385 e. The van der Waals surface area contributed by atoms with Crippen LogP contribution in [0, 0.1) is 0 Å². The van der Waals surface area contributed by atoms with Crippen LogP contribution in [0.2, 0.25) is 30.7 Å². The van der Waals surface area contributed by atoms with E-state index in [-0.39, 0.29) is 24.8 Å². The molecule has 2 heterocycles. The van der Waals surface area contributed by atoms with Crippen molar-refractivity contribution in [2.24, 2.45) is 5.73 Å². The van der Waals surface area contributed by atoms with Crippen molar-refractivity contribution >= 4 is 59.0 Å². The number of halogens is 2. The SMILES string of the molecule is C=C(CC)[C@H]1N(CC(N)=O)C(=O)C[C@@H](c2cccc(Cl)c2)[C@]12C(=O)Nc1cc(Br)ccc12.COCC[Si](C)(C)C. The quantitative estimate of drug-likeness (QED) is 0.267. The van der Waals surface area contributed by atoms with Crippen molar-refractivity contribution in [3.8, 4) is 0 Å². The number of amides is 3. The molecule has 2 aromatic rings. The maximum absolute atomic E-state index is 13.9. The molecule has 3 N–H and O–H groups in total. The standard InChI is InChI=1S/C24H23BrClN3O3.C6H16OSi/c1-3-13(2)22-24(17-8-7-15(25)10-19(17)28-23(24)32)18(14-5-4-6-16(26)9-14)11-21(31)29(22)12-20(27)30;1-7-5-6-8(2,3)4/h4-10,18,22H,2-3,11-12H2,1H3,(H2,27,30)(H,28,32);5-6H2,1-4H3/t18-,22+,24-;/m0./s1. The summed E-state index contributed by atoms with van der Waals surface area (Å²) in [7, 11) is 0.961. The normalized spacial score (nSPS) is 21.9. The van der Waals surface area contributed by atoms with Gasteiger partial charge in [-0.3, -0.25) is 14.4 Å². The zero-order chi connectivity index (χ0) is 29.8. The molecule has 0 unspecified atom stereocenters. The first-order chi connectivity index (χ1) is 18.8. The van der Waals surface area contributed by atoms with Gasteiger partial charge in [-0.2, -0.15) is 0 Å². The Hall–Kier alpha value is -2.46. The van der Waals surface area contributed by atoms with Crippen molar-refractivity contribution in [3.63, 3.8) is 0 Å². The highest BCUT2D eigenvalue weighted by molar-refractivity contribution is 9.10. The summed E-state index contributed by atoms with van der Waals surface area (Å²) < 4.78 is 5.77. The number of benzene rings is 2. The summed E-state index contributed by atoms with van der Waals surface area (Å²) in [6.07, 6.45) is 0.556. The summed E-state index contributed by atoms with van der Waals surface area (Å²) in [4.78, 5) is 40.6. The van der Waals surface area contributed by atoms with Gasteiger partial charge in [0.25, 0.3) is 0 Å². The molecule has 2 aliphatic rings. The molecule has 40 heavy (non-hydrogen) atoms. The lowest BCUT2D eigenvalue weighted by Crippen LogP contribution is -2.64. The monoisotopic (exact) mass is 647 g/mol. The highest BCUT2D eigenvalue weighted by atomic mass is 79.9. The molecular weight excluding hydrogens is 610 g/mol. The fourth-order valence-corrected chi connectivity index (χ4v) is 6.95. The lowest BCUT2D eigenvalue weighted by atomic mass is 9.58. The number of fused-ring (bicyclic) bond motifs is 2. The number of hydrogen-bond donors (Lipinski definition) is 2. The molecule has 0 bridgehead atoms. The number of nitrogens with zero attached hydrogens (tertiary/aromatic N) is 1. The summed E-state index contributed by atoms with van der Waals surface area (Å²) in [6, 6.07) is 13.4. The number of anilines is 1. The number of piperidine rings is 1. The first kappa shape index (κ1) is 32.1. The van der Waals surface area contributed by atoms with E-state index in [9.17, 15) is 14.4 Å². The fraction of sp³-hybridized carbons (Fsp3) is 0.433. The molecule has 1 spiro atoms. The number of likely N-dealkylation sites (tertiary alicyclic amines) is 1. The van der Waals surface area contributed by atoms with Crippen molar-refractivity contribution in [3.05, 3.63) is 75.2 Å². The first-order valence-electron chi connectivity index (χ1n) is 13.4. The summed E-state index contributed by atoms with van der Waals surface area (Å²) >= 11 is 9.76. The second-order valence-corrected chi connectivity index (χ2v) is 18.5. The number of carbonyl (C=O) groups excluding carboxylic acids is 3. The van der Waals surface area contributed by atoms with Gasteiger partial charge >= 0.3 is 0 Å². The number of nitrogens with one attached hydrogen (secondary N) is 1. The molecule has 10 heteroatoms. The molecule has 1 saturated heterocycles. The van der Waals surface area contributed by atoms with E-state index in [4.69, 9.17) is 22.1 Å². The molecular formula is C30H39BrClN3O4Si. The van der Waals surface area contributed by atoms with Crippen molar-refractivity contribution in [2.75, 3.05) is 25.6 Å². The number of nitrogens with two attached hydrogens (primary N) is 1. The third kappa shape index (κ3) is 6.70. The van der Waals surface area contributed by atoms with Crippen molar-refractivity contribution in [1.29, 1.82) is 0 Å². The second-order valence-electron chi connectivity index (χ2n) is 11.5. The predicted molar refractivity (Wildman–Crippen MR) is 167 cm³/mol. The van der Waals surface area contributed by atoms with Crippen LogP contribution in [0.5, 0.6) is 0 Å². The lowest BCUT2D eigenvalue weighted by Gasteiger charge is -2.51. The Labute approximate surface area is 251 Å². The highest BCUT2D eigenvalue weighted by Crippen LogP contribution is 2.56. The highest BCUT2D eigenvalue weighted by Gasteiger charge is 2.63. The second kappa shape index (κ2) is 13.0. The average Bonchev–Trinajstić information content (AvgIpc) is 3.15. The molecule has 0 radical (unpaired) electrons. The number of primary amides is 1. The van der Waals surface area contributed by atoms with E-state index in [0.717, 1.165) is 22.2 Å². The van der Waals surface area contributed by atoms with E-state index >= 15 is 0 Å². The van der Waals surface area contributed by atoms with E-state index in [1.54, 1.807) is 19.2 Å². The van der Waals surface area contributed by atoms with Crippen LogP contribution in [0.1, 0.15) is 36.8 Å². The van der Waals surface area contributed by atoms with Gasteiger partial charge in [-0.25, -0.2) is 0 Å². The molecule has 0 saturated carbocycles.